The zero-order valence-corrected chi connectivity index (χ0v) is 15.3. The Morgan fingerprint density at radius 3 is 2.54 bits per heavy atom. The van der Waals surface area contributed by atoms with E-state index in [4.69, 9.17) is 4.42 Å². The summed E-state index contributed by atoms with van der Waals surface area (Å²) in [6.45, 7) is 7.49. The van der Waals surface area contributed by atoms with Gasteiger partial charge in [0.1, 0.15) is 0 Å². The molecule has 3 aromatic rings. The molecule has 134 valence electrons. The number of amides is 1. The van der Waals surface area contributed by atoms with E-state index in [2.05, 4.69) is 25.3 Å². The number of hydrogen-bond donors (Lipinski definition) is 1. The summed E-state index contributed by atoms with van der Waals surface area (Å²) >= 11 is 0. The Balaban J connectivity index is 1.78. The van der Waals surface area contributed by atoms with Crippen molar-refractivity contribution in [2.75, 3.05) is 0 Å². The van der Waals surface area contributed by atoms with E-state index in [0.717, 1.165) is 16.8 Å². The van der Waals surface area contributed by atoms with E-state index in [-0.39, 0.29) is 17.7 Å². The van der Waals surface area contributed by atoms with Crippen molar-refractivity contribution in [1.82, 2.24) is 25.3 Å². The maximum Gasteiger partial charge on any atom is 0.289 e. The zero-order valence-electron chi connectivity index (χ0n) is 15.3. The summed E-state index contributed by atoms with van der Waals surface area (Å²) in [5.74, 6) is 1.15. The van der Waals surface area contributed by atoms with Gasteiger partial charge in [-0.3, -0.25) is 9.78 Å². The van der Waals surface area contributed by atoms with Crippen molar-refractivity contribution in [2.24, 2.45) is 0 Å². The van der Waals surface area contributed by atoms with Crippen LogP contribution in [-0.4, -0.2) is 25.8 Å². The molecule has 7 nitrogen and oxygen atoms in total. The smallest absolute Gasteiger partial charge is 0.289 e. The van der Waals surface area contributed by atoms with E-state index < -0.39 is 0 Å². The van der Waals surface area contributed by atoms with Gasteiger partial charge >= 0.3 is 0 Å². The van der Waals surface area contributed by atoms with Crippen LogP contribution in [0.2, 0.25) is 0 Å². The van der Waals surface area contributed by atoms with Crippen LogP contribution in [0.1, 0.15) is 53.3 Å². The van der Waals surface area contributed by atoms with Gasteiger partial charge in [-0.1, -0.05) is 6.92 Å². The van der Waals surface area contributed by atoms with Crippen molar-refractivity contribution in [3.8, 4) is 11.4 Å². The van der Waals surface area contributed by atoms with E-state index in [1.165, 1.54) is 0 Å². The summed E-state index contributed by atoms with van der Waals surface area (Å²) in [5, 5.41) is 2.93. The lowest BCUT2D eigenvalue weighted by molar-refractivity contribution is 0.0909. The van der Waals surface area contributed by atoms with Crippen molar-refractivity contribution < 1.29 is 9.21 Å². The number of pyridine rings is 1. The molecule has 0 aliphatic rings. The molecule has 26 heavy (non-hydrogen) atoms. The van der Waals surface area contributed by atoms with Gasteiger partial charge in [0.2, 0.25) is 5.76 Å². The molecule has 1 atom stereocenters. The number of carbonyl (C=O) groups excluding carboxylic acids is 1. The first kappa shape index (κ1) is 17.7. The largest absolute Gasteiger partial charge is 0.435 e. The van der Waals surface area contributed by atoms with Crippen LogP contribution < -0.4 is 5.32 Å². The predicted octanol–water partition coefficient (Wildman–Crippen LogP) is 3.20. The number of carbonyl (C=O) groups is 1. The third kappa shape index (κ3) is 3.61. The average molecular weight is 351 g/mol. The van der Waals surface area contributed by atoms with E-state index in [9.17, 15) is 4.79 Å². The summed E-state index contributed by atoms with van der Waals surface area (Å²) in [6, 6.07) is 3.46. The fraction of sp³-hybridized carbons (Fsp3) is 0.316. The molecule has 0 aliphatic carbocycles. The molecule has 3 heterocycles. The van der Waals surface area contributed by atoms with Gasteiger partial charge in [-0.2, -0.15) is 0 Å². The fourth-order valence-electron chi connectivity index (χ4n) is 2.70. The molecule has 1 amide bonds. The molecule has 3 rings (SSSR count). The number of oxazole rings is 1. The zero-order chi connectivity index (χ0) is 18.7. The maximum atomic E-state index is 12.5. The normalized spacial score (nSPS) is 12.0. The van der Waals surface area contributed by atoms with Crippen molar-refractivity contribution in [2.45, 2.75) is 40.2 Å². The summed E-state index contributed by atoms with van der Waals surface area (Å²) < 4.78 is 5.51. The molecule has 0 aliphatic heterocycles. The third-order valence-corrected chi connectivity index (χ3v) is 4.12. The minimum Gasteiger partial charge on any atom is -0.435 e. The first-order valence-corrected chi connectivity index (χ1v) is 8.50. The molecule has 3 aromatic heterocycles. The number of nitrogens with one attached hydrogen (secondary N) is 1. The Bertz CT molecular complexity index is 921. The average Bonchev–Trinajstić information content (AvgIpc) is 3.03. The molecule has 0 fully saturated rings. The Morgan fingerprint density at radius 1 is 1.19 bits per heavy atom. The second-order valence-corrected chi connectivity index (χ2v) is 6.04. The van der Waals surface area contributed by atoms with Crippen LogP contribution >= 0.6 is 0 Å². The van der Waals surface area contributed by atoms with Gasteiger partial charge < -0.3 is 9.73 Å². The third-order valence-electron chi connectivity index (χ3n) is 4.12. The van der Waals surface area contributed by atoms with Crippen LogP contribution in [0.3, 0.4) is 0 Å². The number of aryl methyl sites for hydroxylation is 3. The van der Waals surface area contributed by atoms with Crippen molar-refractivity contribution in [1.29, 1.82) is 0 Å². The van der Waals surface area contributed by atoms with Crippen LogP contribution in [0.15, 0.2) is 35.1 Å². The molecule has 0 spiro atoms. The summed E-state index contributed by atoms with van der Waals surface area (Å²) in [5.41, 5.74) is 3.15. The molecular weight excluding hydrogens is 330 g/mol. The van der Waals surface area contributed by atoms with Gasteiger partial charge in [0.05, 0.1) is 11.7 Å². The molecule has 0 radical (unpaired) electrons. The molecule has 0 aromatic carbocycles. The molecular formula is C19H21N5O2. The number of hydrogen-bond acceptors (Lipinski definition) is 6. The van der Waals surface area contributed by atoms with Crippen LogP contribution in [0.4, 0.5) is 0 Å². The van der Waals surface area contributed by atoms with Gasteiger partial charge in [0, 0.05) is 41.8 Å². The van der Waals surface area contributed by atoms with Crippen molar-refractivity contribution >= 4 is 5.91 Å². The lowest BCUT2D eigenvalue weighted by atomic mass is 10.1. The first-order chi connectivity index (χ1) is 12.5. The van der Waals surface area contributed by atoms with Crippen LogP contribution in [0.5, 0.6) is 0 Å². The summed E-state index contributed by atoms with van der Waals surface area (Å²) in [7, 11) is 0. The molecule has 0 bridgehead atoms. The molecule has 7 heteroatoms. The SMILES string of the molecule is CCc1nc(C)c(C(=O)NC(C)c2cnc(-c3ccncc3)nc2C)o1. The van der Waals surface area contributed by atoms with E-state index in [1.807, 2.05) is 32.9 Å². The Labute approximate surface area is 151 Å². The van der Waals surface area contributed by atoms with E-state index in [0.29, 0.717) is 23.8 Å². The van der Waals surface area contributed by atoms with Crippen LogP contribution in [-0.2, 0) is 6.42 Å². The number of nitrogens with zero attached hydrogens (tertiary/aromatic N) is 4. The van der Waals surface area contributed by atoms with Crippen LogP contribution in [0, 0.1) is 13.8 Å². The Hall–Kier alpha value is -3.09. The van der Waals surface area contributed by atoms with E-state index >= 15 is 0 Å². The Kier molecular flexibility index (Phi) is 5.06. The van der Waals surface area contributed by atoms with Gasteiger partial charge in [-0.25, -0.2) is 15.0 Å². The number of aromatic nitrogens is 4. The lowest BCUT2D eigenvalue weighted by Gasteiger charge is -2.15. The molecule has 0 saturated carbocycles. The summed E-state index contributed by atoms with van der Waals surface area (Å²) in [4.78, 5) is 29.7. The number of rotatable bonds is 5. The van der Waals surface area contributed by atoms with Crippen molar-refractivity contribution in [3.63, 3.8) is 0 Å². The second-order valence-electron chi connectivity index (χ2n) is 6.04. The quantitative estimate of drug-likeness (QED) is 0.758. The maximum absolute atomic E-state index is 12.5. The minimum atomic E-state index is -0.292. The van der Waals surface area contributed by atoms with Crippen LogP contribution in [0.25, 0.3) is 11.4 Å². The summed E-state index contributed by atoms with van der Waals surface area (Å²) in [6.07, 6.45) is 5.80. The second kappa shape index (κ2) is 7.43. The highest BCUT2D eigenvalue weighted by Gasteiger charge is 2.20. The van der Waals surface area contributed by atoms with Gasteiger partial charge in [0.25, 0.3) is 5.91 Å². The fourth-order valence-corrected chi connectivity index (χ4v) is 2.70. The highest BCUT2D eigenvalue weighted by atomic mass is 16.4. The topological polar surface area (TPSA) is 93.8 Å². The highest BCUT2D eigenvalue weighted by Crippen LogP contribution is 2.20. The Morgan fingerprint density at radius 2 is 1.92 bits per heavy atom. The van der Waals surface area contributed by atoms with Gasteiger partial charge in [-0.15, -0.1) is 0 Å². The minimum absolute atomic E-state index is 0.251. The van der Waals surface area contributed by atoms with Crippen molar-refractivity contribution in [3.05, 3.63) is 59.3 Å². The molecule has 0 saturated heterocycles. The highest BCUT2D eigenvalue weighted by molar-refractivity contribution is 5.92. The van der Waals surface area contributed by atoms with Gasteiger partial charge in [-0.05, 0) is 32.9 Å². The monoisotopic (exact) mass is 351 g/mol. The predicted molar refractivity (Wildman–Crippen MR) is 96.5 cm³/mol. The molecule has 1 N–H and O–H groups in total. The van der Waals surface area contributed by atoms with E-state index in [1.54, 1.807) is 25.5 Å². The van der Waals surface area contributed by atoms with Gasteiger partial charge in [0.15, 0.2) is 11.7 Å². The lowest BCUT2D eigenvalue weighted by Crippen LogP contribution is -2.27. The first-order valence-electron chi connectivity index (χ1n) is 8.50. The molecule has 1 unspecified atom stereocenters. The standard InChI is InChI=1S/C19H21N5O2/c1-5-16-22-13(4)17(26-16)19(25)24-12(3)15-10-21-18(23-11(15)2)14-6-8-20-9-7-14/h6-10,12H,5H2,1-4H3,(H,24,25).